The van der Waals surface area contributed by atoms with Crippen molar-refractivity contribution in [3.05, 3.63) is 47.2 Å². The predicted molar refractivity (Wildman–Crippen MR) is 127 cm³/mol. The molecule has 0 saturated carbocycles. The first-order valence-corrected chi connectivity index (χ1v) is 11.3. The fourth-order valence-electron chi connectivity index (χ4n) is 3.30. The number of likely N-dealkylation sites (N-methyl/N-ethyl adjacent to an activating group) is 1. The van der Waals surface area contributed by atoms with E-state index in [0.717, 1.165) is 12.1 Å². The largest absolute Gasteiger partial charge is 0.443 e. The molecule has 0 fully saturated rings. The quantitative estimate of drug-likeness (QED) is 0.292. The molecule has 0 bridgehead atoms. The van der Waals surface area contributed by atoms with E-state index in [2.05, 4.69) is 4.99 Å². The first kappa shape index (κ1) is 28.5. The number of hydrogen-bond acceptors (Lipinski definition) is 3. The third-order valence-corrected chi connectivity index (χ3v) is 5.38. The van der Waals surface area contributed by atoms with Crippen LogP contribution in [0.4, 0.5) is 18.0 Å². The molecular weight excluding hydrogens is 431 g/mol. The fourth-order valence-corrected chi connectivity index (χ4v) is 3.30. The van der Waals surface area contributed by atoms with Crippen molar-refractivity contribution in [2.45, 2.75) is 85.2 Å². The van der Waals surface area contributed by atoms with Gasteiger partial charge >= 0.3 is 12.3 Å². The van der Waals surface area contributed by atoms with Crippen LogP contribution in [0.25, 0.3) is 0 Å². The van der Waals surface area contributed by atoms with E-state index in [0.29, 0.717) is 30.6 Å². The molecule has 1 atom stereocenters. The Morgan fingerprint density at radius 1 is 1.06 bits per heavy atom. The zero-order valence-corrected chi connectivity index (χ0v) is 21.1. The number of hydrogen-bond donors (Lipinski definition) is 0. The van der Waals surface area contributed by atoms with E-state index in [1.165, 1.54) is 17.0 Å². The molecule has 0 aliphatic rings. The van der Waals surface area contributed by atoms with Gasteiger partial charge in [0.05, 0.1) is 24.0 Å². The number of halogens is 3. The molecule has 1 amide bonds. The monoisotopic (exact) mass is 469 g/mol. The zero-order chi connectivity index (χ0) is 25.4. The summed E-state index contributed by atoms with van der Waals surface area (Å²) in [7, 11) is 1.90. The van der Waals surface area contributed by atoms with Crippen molar-refractivity contribution in [3.8, 4) is 0 Å². The standard InChI is InChI=1S/C25H38F3N3O2/c1-9-12-21(24(7,10-2)30(8)18-29-11-3)31(22(32)33-23(4,5)6)17-19-13-15-20(16-14-19)25(26,27)28/h12-16,18H,9-11,17H2,1-8H3/b21-12+,29-18-. The Morgan fingerprint density at radius 2 is 1.64 bits per heavy atom. The lowest BCUT2D eigenvalue weighted by molar-refractivity contribution is -0.137. The van der Waals surface area contributed by atoms with Gasteiger partial charge in [-0.25, -0.2) is 4.79 Å². The summed E-state index contributed by atoms with van der Waals surface area (Å²) in [6, 6.07) is 4.86. The molecule has 1 unspecified atom stereocenters. The number of alkyl halides is 3. The molecule has 0 N–H and O–H groups in total. The summed E-state index contributed by atoms with van der Waals surface area (Å²) in [5.41, 5.74) is -0.776. The minimum absolute atomic E-state index is 0.0766. The normalized spacial score (nSPS) is 14.8. The van der Waals surface area contributed by atoms with Crippen LogP contribution in [-0.2, 0) is 17.5 Å². The number of allylic oxidation sites excluding steroid dienone is 1. The van der Waals surface area contributed by atoms with Gasteiger partial charge < -0.3 is 9.64 Å². The Bertz CT molecular complexity index is 827. The second kappa shape index (κ2) is 11.6. The molecule has 0 saturated heterocycles. The molecule has 0 heterocycles. The molecule has 0 aliphatic heterocycles. The summed E-state index contributed by atoms with van der Waals surface area (Å²) in [5, 5.41) is 0. The van der Waals surface area contributed by atoms with Crippen molar-refractivity contribution < 1.29 is 22.7 Å². The molecule has 33 heavy (non-hydrogen) atoms. The molecule has 5 nitrogen and oxygen atoms in total. The van der Waals surface area contributed by atoms with Crippen LogP contribution in [0.3, 0.4) is 0 Å². The highest BCUT2D eigenvalue weighted by atomic mass is 19.4. The first-order valence-electron chi connectivity index (χ1n) is 11.3. The van der Waals surface area contributed by atoms with Gasteiger partial charge in [0, 0.05) is 19.3 Å². The van der Waals surface area contributed by atoms with Crippen LogP contribution in [0.15, 0.2) is 41.0 Å². The zero-order valence-electron chi connectivity index (χ0n) is 21.1. The maximum absolute atomic E-state index is 13.3. The SMILES string of the molecule is CC/C=C(/N(Cc1ccc(C(F)(F)F)cc1)C(=O)OC(C)(C)C)C(C)(CC)N(C)/C=N\CC. The molecule has 1 aromatic carbocycles. The Kier molecular flexibility index (Phi) is 10.00. The smallest absolute Gasteiger partial charge is 0.416 e. The molecular formula is C25H38F3N3O2. The number of rotatable bonds is 9. The minimum Gasteiger partial charge on any atom is -0.443 e. The minimum atomic E-state index is -4.42. The van der Waals surface area contributed by atoms with E-state index in [1.54, 1.807) is 27.1 Å². The van der Waals surface area contributed by atoms with Crippen molar-refractivity contribution in [1.82, 2.24) is 9.80 Å². The molecule has 1 rings (SSSR count). The van der Waals surface area contributed by atoms with Crippen LogP contribution in [0.2, 0.25) is 0 Å². The van der Waals surface area contributed by atoms with Crippen LogP contribution < -0.4 is 0 Å². The van der Waals surface area contributed by atoms with E-state index < -0.39 is 29.0 Å². The Hall–Kier alpha value is -2.51. The van der Waals surface area contributed by atoms with Gasteiger partial charge in [-0.3, -0.25) is 9.89 Å². The molecule has 0 aromatic heterocycles. The van der Waals surface area contributed by atoms with Crippen LogP contribution in [0.5, 0.6) is 0 Å². The first-order chi connectivity index (χ1) is 15.2. The maximum atomic E-state index is 13.3. The highest BCUT2D eigenvalue weighted by Gasteiger charge is 2.38. The topological polar surface area (TPSA) is 45.1 Å². The average Bonchev–Trinajstić information content (AvgIpc) is 2.72. The van der Waals surface area contributed by atoms with Crippen molar-refractivity contribution >= 4 is 12.4 Å². The van der Waals surface area contributed by atoms with Gasteiger partial charge in [0.2, 0.25) is 0 Å². The number of carbonyl (C=O) groups excluding carboxylic acids is 1. The highest BCUT2D eigenvalue weighted by molar-refractivity contribution is 5.71. The van der Waals surface area contributed by atoms with Gasteiger partial charge in [0.25, 0.3) is 0 Å². The average molecular weight is 470 g/mol. The Morgan fingerprint density at radius 3 is 2.06 bits per heavy atom. The number of ether oxygens (including phenoxy) is 1. The fraction of sp³-hybridized carbons (Fsp3) is 0.600. The van der Waals surface area contributed by atoms with E-state index in [9.17, 15) is 18.0 Å². The lowest BCUT2D eigenvalue weighted by atomic mass is 9.90. The van der Waals surface area contributed by atoms with E-state index in [-0.39, 0.29) is 6.54 Å². The maximum Gasteiger partial charge on any atom is 0.416 e. The van der Waals surface area contributed by atoms with E-state index in [1.807, 2.05) is 45.7 Å². The van der Waals surface area contributed by atoms with Crippen LogP contribution >= 0.6 is 0 Å². The lowest BCUT2D eigenvalue weighted by Gasteiger charge is -2.43. The predicted octanol–water partition coefficient (Wildman–Crippen LogP) is 6.89. The van der Waals surface area contributed by atoms with Crippen molar-refractivity contribution in [2.75, 3.05) is 13.6 Å². The molecule has 1 aromatic rings. The summed E-state index contributed by atoms with van der Waals surface area (Å²) in [6.45, 7) is 14.0. The molecule has 0 aliphatic carbocycles. The van der Waals surface area contributed by atoms with Crippen molar-refractivity contribution in [3.63, 3.8) is 0 Å². The van der Waals surface area contributed by atoms with Gasteiger partial charge in [-0.2, -0.15) is 13.2 Å². The van der Waals surface area contributed by atoms with Gasteiger partial charge in [0.15, 0.2) is 0 Å². The van der Waals surface area contributed by atoms with Crippen molar-refractivity contribution in [1.29, 1.82) is 0 Å². The molecule has 0 radical (unpaired) electrons. The summed E-state index contributed by atoms with van der Waals surface area (Å²) < 4.78 is 44.7. The second-order valence-corrected chi connectivity index (χ2v) is 9.11. The number of nitrogens with zero attached hydrogens (tertiary/aromatic N) is 3. The Labute approximate surface area is 196 Å². The van der Waals surface area contributed by atoms with Crippen molar-refractivity contribution in [2.24, 2.45) is 4.99 Å². The van der Waals surface area contributed by atoms with Gasteiger partial charge in [-0.15, -0.1) is 0 Å². The summed E-state index contributed by atoms with van der Waals surface area (Å²) in [4.78, 5) is 21.2. The number of amides is 1. The lowest BCUT2D eigenvalue weighted by Crippen LogP contribution is -2.51. The second-order valence-electron chi connectivity index (χ2n) is 9.11. The van der Waals surface area contributed by atoms with Crippen LogP contribution in [0, 0.1) is 0 Å². The van der Waals surface area contributed by atoms with Crippen LogP contribution in [-0.4, -0.2) is 47.0 Å². The van der Waals surface area contributed by atoms with Gasteiger partial charge in [0.1, 0.15) is 5.60 Å². The summed E-state index contributed by atoms with van der Waals surface area (Å²) in [6.07, 6.45) is 0.0702. The third kappa shape index (κ3) is 8.09. The van der Waals surface area contributed by atoms with Gasteiger partial charge in [-0.05, 0) is 65.2 Å². The Balaban J connectivity index is 3.52. The van der Waals surface area contributed by atoms with Crippen LogP contribution in [0.1, 0.15) is 72.4 Å². The molecule has 0 spiro atoms. The molecule has 186 valence electrons. The summed E-state index contributed by atoms with van der Waals surface area (Å²) >= 11 is 0. The highest BCUT2D eigenvalue weighted by Crippen LogP contribution is 2.33. The number of benzene rings is 1. The number of carbonyl (C=O) groups is 1. The van der Waals surface area contributed by atoms with E-state index >= 15 is 0 Å². The third-order valence-electron chi connectivity index (χ3n) is 5.38. The van der Waals surface area contributed by atoms with Gasteiger partial charge in [-0.1, -0.05) is 32.1 Å². The molecule has 8 heteroatoms. The van der Waals surface area contributed by atoms with E-state index in [4.69, 9.17) is 4.74 Å². The number of aliphatic imine (C=N–C) groups is 1. The summed E-state index contributed by atoms with van der Waals surface area (Å²) in [5.74, 6) is 0.